The van der Waals surface area contributed by atoms with Crippen molar-refractivity contribution in [3.63, 3.8) is 0 Å². The van der Waals surface area contributed by atoms with Gasteiger partial charge in [-0.25, -0.2) is 4.98 Å². The molecule has 0 aliphatic heterocycles. The Morgan fingerprint density at radius 2 is 2.24 bits per heavy atom. The highest BCUT2D eigenvalue weighted by atomic mass is 127. The number of ether oxygens (including phenoxy) is 1. The fraction of sp³-hybridized carbons (Fsp3) is 0.647. The van der Waals surface area contributed by atoms with E-state index in [0.29, 0.717) is 30.2 Å². The van der Waals surface area contributed by atoms with Crippen LogP contribution in [-0.2, 0) is 11.2 Å². The lowest BCUT2D eigenvalue weighted by atomic mass is 10.2. The van der Waals surface area contributed by atoms with Crippen LogP contribution >= 0.6 is 35.6 Å². The zero-order valence-electron chi connectivity index (χ0n) is 14.6. The zero-order chi connectivity index (χ0) is 17.2. The summed E-state index contributed by atoms with van der Waals surface area (Å²) in [5.74, 6) is 1.41. The molecular formula is C17H28ClIN4O2. The Kier molecular flexibility index (Phi) is 11.4. The van der Waals surface area contributed by atoms with Crippen LogP contribution in [0.2, 0.25) is 5.15 Å². The van der Waals surface area contributed by atoms with Crippen LogP contribution in [0.5, 0.6) is 0 Å². The number of aliphatic hydroxyl groups is 1. The van der Waals surface area contributed by atoms with Crippen molar-refractivity contribution in [2.75, 3.05) is 32.8 Å². The fourth-order valence-electron chi connectivity index (χ4n) is 2.13. The summed E-state index contributed by atoms with van der Waals surface area (Å²) in [4.78, 5) is 8.46. The van der Waals surface area contributed by atoms with E-state index in [-0.39, 0.29) is 24.0 Å². The molecule has 1 unspecified atom stereocenters. The van der Waals surface area contributed by atoms with Crippen LogP contribution < -0.4 is 10.6 Å². The molecule has 1 aliphatic rings. The van der Waals surface area contributed by atoms with Gasteiger partial charge in [-0.2, -0.15) is 0 Å². The van der Waals surface area contributed by atoms with Gasteiger partial charge in [0, 0.05) is 25.9 Å². The molecule has 1 aliphatic carbocycles. The molecule has 1 fully saturated rings. The Labute approximate surface area is 171 Å². The number of nitrogens with one attached hydrogen (secondary N) is 2. The summed E-state index contributed by atoms with van der Waals surface area (Å²) < 4.78 is 5.48. The van der Waals surface area contributed by atoms with Crippen LogP contribution in [0, 0.1) is 5.92 Å². The predicted octanol–water partition coefficient (Wildman–Crippen LogP) is 2.24. The Bertz CT molecular complexity index is 512. The summed E-state index contributed by atoms with van der Waals surface area (Å²) in [6, 6.07) is 3.75. The van der Waals surface area contributed by atoms with Gasteiger partial charge in [-0.3, -0.25) is 4.99 Å². The molecule has 0 spiro atoms. The quantitative estimate of drug-likeness (QED) is 0.206. The number of hydrogen-bond acceptors (Lipinski definition) is 4. The molecule has 6 nitrogen and oxygen atoms in total. The molecule has 2 rings (SSSR count). The minimum Gasteiger partial charge on any atom is -0.389 e. The standard InChI is InChI=1S/C17H27ClN4O2.HI/c1-2-19-17(20-8-7-13-5-6-16(18)21-9-13)22-10-15(23)12-24-11-14-3-4-14;/h5-6,9,14-15,23H,2-4,7-8,10-12H2,1H3,(H2,19,20,22);1H. The summed E-state index contributed by atoms with van der Waals surface area (Å²) in [6.07, 6.45) is 4.54. The second kappa shape index (κ2) is 12.7. The van der Waals surface area contributed by atoms with Gasteiger partial charge in [0.1, 0.15) is 5.15 Å². The van der Waals surface area contributed by atoms with Crippen molar-refractivity contribution in [2.45, 2.75) is 32.3 Å². The van der Waals surface area contributed by atoms with E-state index >= 15 is 0 Å². The third-order valence-corrected chi connectivity index (χ3v) is 3.88. The first kappa shape index (κ1) is 22.4. The van der Waals surface area contributed by atoms with Crippen molar-refractivity contribution < 1.29 is 9.84 Å². The summed E-state index contributed by atoms with van der Waals surface area (Å²) in [7, 11) is 0. The Morgan fingerprint density at radius 3 is 2.88 bits per heavy atom. The van der Waals surface area contributed by atoms with Crippen molar-refractivity contribution in [3.8, 4) is 0 Å². The maximum absolute atomic E-state index is 9.92. The maximum atomic E-state index is 9.92. The van der Waals surface area contributed by atoms with Gasteiger partial charge in [0.25, 0.3) is 0 Å². The van der Waals surface area contributed by atoms with Gasteiger partial charge < -0.3 is 20.5 Å². The van der Waals surface area contributed by atoms with Gasteiger partial charge in [-0.1, -0.05) is 17.7 Å². The molecule has 1 aromatic rings. The number of pyridine rings is 1. The van der Waals surface area contributed by atoms with Crippen molar-refractivity contribution >= 4 is 41.5 Å². The molecule has 3 N–H and O–H groups in total. The van der Waals surface area contributed by atoms with E-state index in [0.717, 1.165) is 31.7 Å². The number of aromatic nitrogens is 1. The van der Waals surface area contributed by atoms with Gasteiger partial charge in [0.15, 0.2) is 5.96 Å². The largest absolute Gasteiger partial charge is 0.389 e. The normalized spacial score (nSPS) is 15.4. The minimum atomic E-state index is -0.570. The molecule has 0 radical (unpaired) electrons. The second-order valence-electron chi connectivity index (χ2n) is 6.02. The summed E-state index contributed by atoms with van der Waals surface area (Å²) in [6.45, 7) is 4.92. The first-order valence-corrected chi connectivity index (χ1v) is 8.93. The number of hydrogen-bond donors (Lipinski definition) is 3. The second-order valence-corrected chi connectivity index (χ2v) is 6.41. The molecular weight excluding hydrogens is 455 g/mol. The third kappa shape index (κ3) is 10.2. The smallest absolute Gasteiger partial charge is 0.191 e. The molecule has 0 amide bonds. The highest BCUT2D eigenvalue weighted by Crippen LogP contribution is 2.28. The maximum Gasteiger partial charge on any atom is 0.191 e. The summed E-state index contributed by atoms with van der Waals surface area (Å²) in [5.41, 5.74) is 1.11. The van der Waals surface area contributed by atoms with E-state index in [2.05, 4.69) is 20.6 Å². The van der Waals surface area contributed by atoms with E-state index in [1.165, 1.54) is 12.8 Å². The predicted molar refractivity (Wildman–Crippen MR) is 112 cm³/mol. The van der Waals surface area contributed by atoms with E-state index < -0.39 is 6.10 Å². The van der Waals surface area contributed by atoms with Crippen molar-refractivity contribution in [2.24, 2.45) is 10.9 Å². The first-order valence-electron chi connectivity index (χ1n) is 8.55. The molecule has 1 saturated carbocycles. The SMILES string of the molecule is CCNC(=NCC(O)COCC1CC1)NCCc1ccc(Cl)nc1.I. The van der Waals surface area contributed by atoms with Crippen molar-refractivity contribution in [3.05, 3.63) is 29.0 Å². The van der Waals surface area contributed by atoms with Crippen LogP contribution in [0.15, 0.2) is 23.3 Å². The minimum absolute atomic E-state index is 0. The van der Waals surface area contributed by atoms with Crippen LogP contribution in [0.3, 0.4) is 0 Å². The number of nitrogens with zero attached hydrogens (tertiary/aromatic N) is 2. The van der Waals surface area contributed by atoms with Crippen molar-refractivity contribution in [1.29, 1.82) is 0 Å². The highest BCUT2D eigenvalue weighted by Gasteiger charge is 2.21. The Balaban J connectivity index is 0.00000312. The summed E-state index contributed by atoms with van der Waals surface area (Å²) in [5, 5.41) is 16.8. The lowest BCUT2D eigenvalue weighted by molar-refractivity contribution is 0.0368. The molecule has 8 heteroatoms. The lowest BCUT2D eigenvalue weighted by Crippen LogP contribution is -2.39. The van der Waals surface area contributed by atoms with E-state index in [1.54, 1.807) is 12.3 Å². The first-order chi connectivity index (χ1) is 11.7. The van der Waals surface area contributed by atoms with Gasteiger partial charge in [-0.15, -0.1) is 24.0 Å². The number of aliphatic imine (C=N–C) groups is 1. The van der Waals surface area contributed by atoms with E-state index in [4.69, 9.17) is 16.3 Å². The van der Waals surface area contributed by atoms with Gasteiger partial charge in [-0.05, 0) is 43.7 Å². The van der Waals surface area contributed by atoms with Crippen molar-refractivity contribution in [1.82, 2.24) is 15.6 Å². The number of aliphatic hydroxyl groups excluding tert-OH is 1. The fourth-order valence-corrected chi connectivity index (χ4v) is 2.24. The third-order valence-electron chi connectivity index (χ3n) is 3.66. The molecule has 142 valence electrons. The van der Waals surface area contributed by atoms with E-state index in [9.17, 15) is 5.11 Å². The average Bonchev–Trinajstić information content (AvgIpc) is 3.39. The molecule has 0 aromatic carbocycles. The molecule has 1 heterocycles. The molecule has 0 saturated heterocycles. The highest BCUT2D eigenvalue weighted by molar-refractivity contribution is 14.0. The van der Waals surface area contributed by atoms with Crippen LogP contribution in [-0.4, -0.2) is 55.0 Å². The van der Waals surface area contributed by atoms with Crippen LogP contribution in [0.4, 0.5) is 0 Å². The molecule has 1 aromatic heterocycles. The molecule has 1 atom stereocenters. The topological polar surface area (TPSA) is 78.8 Å². The number of rotatable bonds is 10. The molecule has 25 heavy (non-hydrogen) atoms. The van der Waals surface area contributed by atoms with Gasteiger partial charge >= 0.3 is 0 Å². The Hall–Kier alpha value is -0.640. The number of guanidine groups is 1. The average molecular weight is 483 g/mol. The van der Waals surface area contributed by atoms with Gasteiger partial charge in [0.2, 0.25) is 0 Å². The van der Waals surface area contributed by atoms with Gasteiger partial charge in [0.05, 0.1) is 19.3 Å². The van der Waals surface area contributed by atoms with E-state index in [1.807, 2.05) is 13.0 Å². The monoisotopic (exact) mass is 482 g/mol. The van der Waals surface area contributed by atoms with Crippen LogP contribution in [0.25, 0.3) is 0 Å². The summed E-state index contributed by atoms with van der Waals surface area (Å²) >= 11 is 5.78. The molecule has 0 bridgehead atoms. The Morgan fingerprint density at radius 1 is 1.44 bits per heavy atom. The van der Waals surface area contributed by atoms with Crippen LogP contribution in [0.1, 0.15) is 25.3 Å². The lowest BCUT2D eigenvalue weighted by Gasteiger charge is -2.13. The number of halogens is 2. The zero-order valence-corrected chi connectivity index (χ0v) is 17.7.